The van der Waals surface area contributed by atoms with Gasteiger partial charge < -0.3 is 20.9 Å². The van der Waals surface area contributed by atoms with Gasteiger partial charge in [-0.25, -0.2) is 13.4 Å². The minimum absolute atomic E-state index is 0.0145. The van der Waals surface area contributed by atoms with Crippen molar-refractivity contribution in [3.63, 3.8) is 0 Å². The Morgan fingerprint density at radius 2 is 1.78 bits per heavy atom. The highest BCUT2D eigenvalue weighted by Crippen LogP contribution is 2.45. The normalized spacial score (nSPS) is 25.6. The van der Waals surface area contributed by atoms with Gasteiger partial charge in [-0.1, -0.05) is 51.1 Å². The molecular formula is C35H44N6O7S. The third kappa shape index (κ3) is 7.48. The maximum atomic E-state index is 14.3. The molecule has 3 aliphatic carbocycles. The topological polar surface area (TPSA) is 184 Å². The highest BCUT2D eigenvalue weighted by atomic mass is 32.2. The van der Waals surface area contributed by atoms with Gasteiger partial charge in [0.25, 0.3) is 11.8 Å². The van der Waals surface area contributed by atoms with Gasteiger partial charge in [0.05, 0.1) is 10.8 Å². The van der Waals surface area contributed by atoms with Crippen molar-refractivity contribution < 1.29 is 32.4 Å². The zero-order valence-electron chi connectivity index (χ0n) is 28.0. The number of likely N-dealkylation sites (tertiary alicyclic amines) is 1. The van der Waals surface area contributed by atoms with Crippen LogP contribution in [0.2, 0.25) is 0 Å². The van der Waals surface area contributed by atoms with Gasteiger partial charge in [-0.3, -0.25) is 28.7 Å². The molecule has 14 heteroatoms. The zero-order valence-corrected chi connectivity index (χ0v) is 28.8. The molecule has 0 spiro atoms. The smallest absolute Gasteiger partial charge is 0.270 e. The number of benzene rings is 1. The van der Waals surface area contributed by atoms with Crippen LogP contribution in [0.25, 0.3) is 10.9 Å². The van der Waals surface area contributed by atoms with Crippen LogP contribution >= 0.6 is 0 Å². The number of nitrogens with zero attached hydrogens (tertiary/aromatic N) is 2. The van der Waals surface area contributed by atoms with E-state index >= 15 is 0 Å². The number of fused-ring (bicyclic) bond motifs is 1. The first-order valence-electron chi connectivity index (χ1n) is 16.9. The first kappa shape index (κ1) is 34.5. The van der Waals surface area contributed by atoms with E-state index in [4.69, 9.17) is 0 Å². The fraction of sp³-hybridized carbons (Fsp3) is 0.543. The Bertz CT molecular complexity index is 1820. The number of carbonyl (C=O) groups is 5. The zero-order chi connectivity index (χ0) is 35.3. The van der Waals surface area contributed by atoms with Gasteiger partial charge in [-0.05, 0) is 62.0 Å². The van der Waals surface area contributed by atoms with Gasteiger partial charge in [0.1, 0.15) is 23.3 Å². The number of aromatic nitrogens is 1. The molecule has 1 aromatic heterocycles. The molecule has 5 atom stereocenters. The van der Waals surface area contributed by atoms with E-state index in [1.54, 1.807) is 18.2 Å². The second-order valence-electron chi connectivity index (χ2n) is 15.0. The Kier molecular flexibility index (Phi) is 9.05. The SMILES string of the molecule is C=C[C@H]1C[C@]1(NC(=O)[C@@H]1C[C@@H](NC(=O)c2ccc3ccccc3n2)CN1C(=O)[C@@H](NC(=O)CC1CC1)C(C)(C)C)C(=O)NS(=O)(=O)C1CC1. The van der Waals surface area contributed by atoms with Crippen LogP contribution in [0.4, 0.5) is 0 Å². The van der Waals surface area contributed by atoms with Crippen molar-refractivity contribution in [1.82, 2.24) is 30.6 Å². The standard InChI is InChI=1S/C35H44N6O7S/c1-5-22-18-35(22,33(46)40-49(47,48)24-13-14-24)39-31(44)27-17-23(36-30(43)26-15-12-21-8-6-7-9-25(21)37-26)19-41(27)32(45)29(34(2,3)4)38-28(42)16-20-10-11-20/h5-9,12,15,20,22-24,27,29H,1,10-11,13-14,16-19H2,2-4H3,(H,36,43)(H,38,42)(H,39,44)(H,40,46)/t22-,23+,27-,29+,35+/m0/s1. The quantitative estimate of drug-likeness (QED) is 0.243. The van der Waals surface area contributed by atoms with Gasteiger partial charge >= 0.3 is 0 Å². The summed E-state index contributed by atoms with van der Waals surface area (Å²) in [7, 11) is -3.89. The molecule has 3 saturated carbocycles. The van der Waals surface area contributed by atoms with Gasteiger partial charge in [-0.15, -0.1) is 6.58 Å². The Hall–Kier alpha value is -4.33. The first-order chi connectivity index (χ1) is 23.1. The van der Waals surface area contributed by atoms with Crippen LogP contribution in [0.3, 0.4) is 0 Å². The first-order valence-corrected chi connectivity index (χ1v) is 18.4. The van der Waals surface area contributed by atoms with Crippen molar-refractivity contribution in [2.45, 2.75) is 94.6 Å². The molecule has 0 bridgehead atoms. The van der Waals surface area contributed by atoms with Crippen molar-refractivity contribution in [1.29, 1.82) is 0 Å². The summed E-state index contributed by atoms with van der Waals surface area (Å²) in [6.07, 6.45) is 4.81. The molecule has 13 nitrogen and oxygen atoms in total. The van der Waals surface area contributed by atoms with E-state index in [1.165, 1.54) is 11.0 Å². The van der Waals surface area contributed by atoms with Crippen molar-refractivity contribution in [3.8, 4) is 0 Å². The lowest BCUT2D eigenvalue weighted by atomic mass is 9.85. The number of hydrogen-bond acceptors (Lipinski definition) is 8. The van der Waals surface area contributed by atoms with E-state index < -0.39 is 73.9 Å². The summed E-state index contributed by atoms with van der Waals surface area (Å²) in [5, 5.41) is 8.80. The summed E-state index contributed by atoms with van der Waals surface area (Å²) in [6.45, 7) is 9.17. The molecule has 4 N–H and O–H groups in total. The maximum absolute atomic E-state index is 14.3. The van der Waals surface area contributed by atoms with Crippen LogP contribution < -0.4 is 20.7 Å². The molecule has 1 aliphatic heterocycles. The third-order valence-corrected chi connectivity index (χ3v) is 11.7. The molecule has 49 heavy (non-hydrogen) atoms. The number of carbonyl (C=O) groups excluding carboxylic acids is 5. The van der Waals surface area contributed by atoms with E-state index in [0.717, 1.165) is 18.2 Å². The second-order valence-corrected chi connectivity index (χ2v) is 17.0. The minimum Gasteiger partial charge on any atom is -0.346 e. The molecule has 1 aromatic carbocycles. The lowest BCUT2D eigenvalue weighted by Gasteiger charge is -2.35. The van der Waals surface area contributed by atoms with Gasteiger partial charge in [0.15, 0.2) is 0 Å². The third-order valence-electron chi connectivity index (χ3n) is 9.89. The van der Waals surface area contributed by atoms with Gasteiger partial charge in [0, 0.05) is 30.3 Å². The van der Waals surface area contributed by atoms with E-state index in [2.05, 4.69) is 32.2 Å². The molecule has 1 saturated heterocycles. The Morgan fingerprint density at radius 1 is 1.06 bits per heavy atom. The molecule has 5 amide bonds. The molecule has 2 heterocycles. The maximum Gasteiger partial charge on any atom is 0.270 e. The average Bonchev–Trinajstić information content (AvgIpc) is 3.94. The fourth-order valence-electron chi connectivity index (χ4n) is 6.52. The predicted octanol–water partition coefficient (Wildman–Crippen LogP) is 1.93. The number of nitrogens with one attached hydrogen (secondary N) is 4. The van der Waals surface area contributed by atoms with Crippen molar-refractivity contribution in [2.75, 3.05) is 6.54 Å². The molecule has 0 unspecified atom stereocenters. The number of sulfonamides is 1. The highest BCUT2D eigenvalue weighted by molar-refractivity contribution is 7.91. The molecule has 4 fully saturated rings. The van der Waals surface area contributed by atoms with Crippen molar-refractivity contribution in [3.05, 3.63) is 54.7 Å². The van der Waals surface area contributed by atoms with Crippen molar-refractivity contribution in [2.24, 2.45) is 17.3 Å². The molecule has 4 aliphatic rings. The van der Waals surface area contributed by atoms with Crippen LogP contribution in [-0.4, -0.2) is 83.3 Å². The Balaban J connectivity index is 1.24. The number of amides is 5. The highest BCUT2D eigenvalue weighted by Gasteiger charge is 2.62. The fourth-order valence-corrected chi connectivity index (χ4v) is 7.89. The summed E-state index contributed by atoms with van der Waals surface area (Å²) >= 11 is 0. The second kappa shape index (κ2) is 12.8. The molecule has 2 aromatic rings. The van der Waals surface area contributed by atoms with Gasteiger partial charge in [-0.2, -0.15) is 0 Å². The van der Waals surface area contributed by atoms with Crippen LogP contribution in [0.5, 0.6) is 0 Å². The summed E-state index contributed by atoms with van der Waals surface area (Å²) < 4.78 is 27.4. The molecule has 0 radical (unpaired) electrons. The number of rotatable bonds is 12. The van der Waals surface area contributed by atoms with Crippen LogP contribution in [-0.2, 0) is 29.2 Å². The van der Waals surface area contributed by atoms with Crippen LogP contribution in [0.1, 0.15) is 76.2 Å². The Labute approximate surface area is 286 Å². The summed E-state index contributed by atoms with van der Waals surface area (Å²) in [4.78, 5) is 73.9. The lowest BCUT2D eigenvalue weighted by molar-refractivity contribution is -0.144. The van der Waals surface area contributed by atoms with Crippen molar-refractivity contribution >= 4 is 50.5 Å². The largest absolute Gasteiger partial charge is 0.346 e. The number of hydrogen-bond donors (Lipinski definition) is 4. The number of pyridine rings is 1. The van der Waals surface area contributed by atoms with E-state index in [0.29, 0.717) is 30.7 Å². The Morgan fingerprint density at radius 3 is 2.41 bits per heavy atom. The van der Waals surface area contributed by atoms with Crippen LogP contribution in [0.15, 0.2) is 49.1 Å². The van der Waals surface area contributed by atoms with Crippen LogP contribution in [0, 0.1) is 17.3 Å². The van der Waals surface area contributed by atoms with E-state index in [9.17, 15) is 32.4 Å². The minimum atomic E-state index is -3.89. The summed E-state index contributed by atoms with van der Waals surface area (Å²) in [5.41, 5.74) is -1.47. The summed E-state index contributed by atoms with van der Waals surface area (Å²) in [6, 6.07) is 7.98. The van der Waals surface area contributed by atoms with E-state index in [1.807, 2.05) is 39.0 Å². The molecule has 262 valence electrons. The molecule has 6 rings (SSSR count). The number of para-hydroxylation sites is 1. The monoisotopic (exact) mass is 692 g/mol. The summed E-state index contributed by atoms with van der Waals surface area (Å²) in [5.74, 6) is -2.97. The van der Waals surface area contributed by atoms with E-state index in [-0.39, 0.29) is 31.0 Å². The predicted molar refractivity (Wildman–Crippen MR) is 181 cm³/mol. The lowest BCUT2D eigenvalue weighted by Crippen LogP contribution is -2.60. The van der Waals surface area contributed by atoms with Gasteiger partial charge in [0.2, 0.25) is 27.7 Å². The molecular weight excluding hydrogens is 648 g/mol. The average molecular weight is 693 g/mol.